The summed E-state index contributed by atoms with van der Waals surface area (Å²) >= 11 is -3.09. The van der Waals surface area contributed by atoms with Crippen LogP contribution in [0.4, 0.5) is 4.79 Å². The summed E-state index contributed by atoms with van der Waals surface area (Å²) in [6.45, 7) is 4.38. The van der Waals surface area contributed by atoms with E-state index in [0.29, 0.717) is 11.0 Å². The molecule has 0 aromatic heterocycles. The number of hydrogen-bond donors (Lipinski definition) is 0. The molecule has 0 fully saturated rings. The Morgan fingerprint density at radius 1 is 1.21 bits per heavy atom. The molecular weight excluding hydrogens is 291 g/mol. The van der Waals surface area contributed by atoms with Gasteiger partial charge in [0.2, 0.25) is 0 Å². The van der Waals surface area contributed by atoms with Crippen molar-refractivity contribution in [1.29, 1.82) is 0 Å². The van der Waals surface area contributed by atoms with Gasteiger partial charge in [0.1, 0.15) is 0 Å². The summed E-state index contributed by atoms with van der Waals surface area (Å²) in [5, 5.41) is 0. The monoisotopic (exact) mass is 310 g/mol. The molecule has 5 heteroatoms. The zero-order valence-corrected chi connectivity index (χ0v) is 11.7. The molecule has 0 N–H and O–H groups in total. The second-order valence-corrected chi connectivity index (χ2v) is 7.16. The number of rotatable bonds is 7. The molecule has 14 heavy (non-hydrogen) atoms. The molecule has 0 aromatic carbocycles. The van der Waals surface area contributed by atoms with Crippen LogP contribution in [-0.4, -0.2) is 32.9 Å². The third-order valence-corrected chi connectivity index (χ3v) is 4.95. The van der Waals surface area contributed by atoms with Crippen LogP contribution in [0.1, 0.15) is 39.5 Å². The Bertz CT molecular complexity index is 182. The molecule has 4 nitrogen and oxygen atoms in total. The topological polar surface area (TPSA) is 52.6 Å². The fourth-order valence-corrected chi connectivity index (χ4v) is 3.62. The molecule has 0 atom stereocenters. The van der Waals surface area contributed by atoms with Crippen molar-refractivity contribution >= 4 is 26.3 Å². The molecule has 0 unspecified atom stereocenters. The van der Waals surface area contributed by atoms with Crippen molar-refractivity contribution in [2.75, 3.05) is 6.61 Å². The molecule has 0 saturated carbocycles. The van der Waals surface area contributed by atoms with E-state index in [9.17, 15) is 7.87 Å². The molecule has 0 amide bonds. The SMILES string of the molecule is CCCCOC(=O)[O][Sn](=[O])[CH2]CCC. The predicted molar refractivity (Wildman–Crippen MR) is 53.5 cm³/mol. The first-order chi connectivity index (χ1) is 6.70. The average Bonchev–Trinajstić information content (AvgIpc) is 2.15. The van der Waals surface area contributed by atoms with Crippen molar-refractivity contribution in [2.24, 2.45) is 0 Å². The summed E-state index contributed by atoms with van der Waals surface area (Å²) < 4.78 is 21.2. The van der Waals surface area contributed by atoms with E-state index < -0.39 is 26.3 Å². The van der Waals surface area contributed by atoms with Crippen LogP contribution < -0.4 is 0 Å². The predicted octanol–water partition coefficient (Wildman–Crippen LogP) is 2.66. The standard InChI is InChI=1S/C5H10O3.C4H9.O.Sn/c1-2-3-4-8-5(6)7;1-3-4-2;;/h2-4H2,1H3,(H,6,7);1,3-4H2,2H3;;/q;;;+1/p-1. The van der Waals surface area contributed by atoms with Crippen molar-refractivity contribution in [3.63, 3.8) is 0 Å². The van der Waals surface area contributed by atoms with E-state index in [-0.39, 0.29) is 0 Å². The van der Waals surface area contributed by atoms with Crippen molar-refractivity contribution in [3.05, 3.63) is 0 Å². The molecule has 0 aromatic rings. The van der Waals surface area contributed by atoms with Gasteiger partial charge in [0.15, 0.2) is 0 Å². The second-order valence-electron chi connectivity index (χ2n) is 3.03. The molecule has 0 radical (unpaired) electrons. The van der Waals surface area contributed by atoms with Crippen LogP contribution in [0, 0.1) is 0 Å². The van der Waals surface area contributed by atoms with Crippen LogP contribution in [-0.2, 0) is 10.9 Å². The van der Waals surface area contributed by atoms with Gasteiger partial charge in [-0.15, -0.1) is 0 Å². The summed E-state index contributed by atoms with van der Waals surface area (Å²) in [5.74, 6) is 0. The van der Waals surface area contributed by atoms with Crippen LogP contribution in [0.3, 0.4) is 0 Å². The third kappa shape index (κ3) is 8.47. The average molecular weight is 309 g/mol. The van der Waals surface area contributed by atoms with Gasteiger partial charge < -0.3 is 0 Å². The fourth-order valence-electron chi connectivity index (χ4n) is 0.794. The van der Waals surface area contributed by atoms with E-state index in [0.717, 1.165) is 25.7 Å². The molecule has 0 aliphatic heterocycles. The molecule has 82 valence electrons. The first-order valence-corrected chi connectivity index (χ1v) is 9.43. The van der Waals surface area contributed by atoms with Gasteiger partial charge in [0.05, 0.1) is 0 Å². The fraction of sp³-hybridized carbons (Fsp3) is 0.889. The first-order valence-electron chi connectivity index (χ1n) is 5.08. The molecule has 0 heterocycles. The molecule has 0 rings (SSSR count). The number of hydrogen-bond acceptors (Lipinski definition) is 4. The van der Waals surface area contributed by atoms with E-state index in [1.165, 1.54) is 0 Å². The van der Waals surface area contributed by atoms with Crippen LogP contribution in [0.15, 0.2) is 0 Å². The van der Waals surface area contributed by atoms with Crippen molar-refractivity contribution < 1.29 is 15.7 Å². The summed E-state index contributed by atoms with van der Waals surface area (Å²) in [6, 6.07) is 0. The third-order valence-electron chi connectivity index (χ3n) is 1.65. The van der Waals surface area contributed by atoms with Crippen LogP contribution in [0.2, 0.25) is 4.44 Å². The van der Waals surface area contributed by atoms with Gasteiger partial charge in [-0.2, -0.15) is 0 Å². The first kappa shape index (κ1) is 13.9. The van der Waals surface area contributed by atoms with Gasteiger partial charge in [-0.05, 0) is 0 Å². The normalized spacial score (nSPS) is 9.57. The number of unbranched alkanes of at least 4 members (excludes halogenated alkanes) is 2. The van der Waals surface area contributed by atoms with E-state index >= 15 is 0 Å². The van der Waals surface area contributed by atoms with Crippen molar-refractivity contribution in [2.45, 2.75) is 44.0 Å². The molecule has 0 saturated heterocycles. The van der Waals surface area contributed by atoms with Crippen LogP contribution in [0.25, 0.3) is 0 Å². The van der Waals surface area contributed by atoms with Gasteiger partial charge in [0, 0.05) is 0 Å². The second kappa shape index (κ2) is 9.42. The van der Waals surface area contributed by atoms with Crippen molar-refractivity contribution in [3.8, 4) is 0 Å². The summed E-state index contributed by atoms with van der Waals surface area (Å²) in [5.41, 5.74) is 0. The van der Waals surface area contributed by atoms with Gasteiger partial charge in [-0.1, -0.05) is 0 Å². The summed E-state index contributed by atoms with van der Waals surface area (Å²) in [7, 11) is 0. The van der Waals surface area contributed by atoms with Gasteiger partial charge in [-0.25, -0.2) is 0 Å². The Kier molecular flexibility index (Phi) is 9.34. The Morgan fingerprint density at radius 2 is 1.86 bits per heavy atom. The minimum absolute atomic E-state index is 0.361. The molecule has 0 aliphatic carbocycles. The zero-order valence-electron chi connectivity index (χ0n) is 8.88. The maximum atomic E-state index is 11.2. The van der Waals surface area contributed by atoms with E-state index in [2.05, 4.69) is 3.07 Å². The van der Waals surface area contributed by atoms with Gasteiger partial charge >= 0.3 is 92.6 Å². The number of carbonyl (C=O) groups excluding carboxylic acids is 1. The zero-order chi connectivity index (χ0) is 10.8. The van der Waals surface area contributed by atoms with E-state index in [4.69, 9.17) is 4.74 Å². The minimum atomic E-state index is -3.09. The molecule has 0 spiro atoms. The molecular formula is C9H18O4Sn. The van der Waals surface area contributed by atoms with Gasteiger partial charge in [-0.3, -0.25) is 0 Å². The Hall–Kier alpha value is -0.131. The number of carbonyl (C=O) groups is 1. The van der Waals surface area contributed by atoms with Crippen LogP contribution >= 0.6 is 0 Å². The van der Waals surface area contributed by atoms with Crippen LogP contribution in [0.5, 0.6) is 0 Å². The van der Waals surface area contributed by atoms with Crippen molar-refractivity contribution in [1.82, 2.24) is 0 Å². The molecule has 0 aliphatic rings. The van der Waals surface area contributed by atoms with E-state index in [1.807, 2.05) is 13.8 Å². The summed E-state index contributed by atoms with van der Waals surface area (Å²) in [6.07, 6.45) is 2.87. The summed E-state index contributed by atoms with van der Waals surface area (Å²) in [4.78, 5) is 10.9. The number of ether oxygens (including phenoxy) is 1. The Balaban J connectivity index is 3.45. The Labute approximate surface area is 92.6 Å². The van der Waals surface area contributed by atoms with Gasteiger partial charge in [0.25, 0.3) is 0 Å². The Morgan fingerprint density at radius 3 is 2.43 bits per heavy atom. The van der Waals surface area contributed by atoms with E-state index in [1.54, 1.807) is 0 Å². The maximum absolute atomic E-state index is 11.2. The molecule has 0 bridgehead atoms. The quantitative estimate of drug-likeness (QED) is 0.412.